The van der Waals surface area contributed by atoms with Gasteiger partial charge in [0.05, 0.1) is 32.0 Å². The van der Waals surface area contributed by atoms with Crippen molar-refractivity contribution in [2.75, 3.05) is 19.8 Å². The molecule has 0 aromatic carbocycles. The van der Waals surface area contributed by atoms with Gasteiger partial charge in [-0.2, -0.15) is 0 Å². The van der Waals surface area contributed by atoms with Crippen molar-refractivity contribution < 1.29 is 64.6 Å². The van der Waals surface area contributed by atoms with Gasteiger partial charge in [0, 0.05) is 6.42 Å². The molecule has 0 aromatic rings. The van der Waals surface area contributed by atoms with Crippen molar-refractivity contribution >= 4 is 5.91 Å². The van der Waals surface area contributed by atoms with Crippen LogP contribution in [-0.4, -0.2) is 140 Å². The second kappa shape index (κ2) is 64.8. The van der Waals surface area contributed by atoms with E-state index in [4.69, 9.17) is 18.9 Å². The van der Waals surface area contributed by atoms with Crippen LogP contribution >= 0.6 is 0 Å². The minimum atomic E-state index is -1.79. The van der Waals surface area contributed by atoms with Crippen molar-refractivity contribution in [1.82, 2.24) is 5.32 Å². The summed E-state index contributed by atoms with van der Waals surface area (Å²) >= 11 is 0. The Kier molecular flexibility index (Phi) is 61.1. The summed E-state index contributed by atoms with van der Waals surface area (Å²) in [5.74, 6) is -0.230. The van der Waals surface area contributed by atoms with Crippen LogP contribution in [-0.2, 0) is 23.7 Å². The van der Waals surface area contributed by atoms with Gasteiger partial charge in [-0.15, -0.1) is 0 Å². The molecule has 0 saturated carbocycles. The Morgan fingerprint density at radius 3 is 1.01 bits per heavy atom. The Morgan fingerprint density at radius 2 is 0.670 bits per heavy atom. The summed E-state index contributed by atoms with van der Waals surface area (Å²) < 4.78 is 22.9. The van der Waals surface area contributed by atoms with E-state index in [-0.39, 0.29) is 18.9 Å². The minimum Gasteiger partial charge on any atom is -0.394 e. The first kappa shape index (κ1) is 88.6. The number of hydrogen-bond donors (Lipinski definition) is 9. The van der Waals surface area contributed by atoms with E-state index < -0.39 is 86.8 Å². The largest absolute Gasteiger partial charge is 0.394 e. The molecule has 14 nitrogen and oxygen atoms in total. The molecule has 2 fully saturated rings. The van der Waals surface area contributed by atoms with Crippen LogP contribution < -0.4 is 5.32 Å². The zero-order chi connectivity index (χ0) is 68.0. The highest BCUT2D eigenvalue weighted by Crippen LogP contribution is 2.30. The molecule has 9 N–H and O–H groups in total. The monoisotopic (exact) mass is 1340 g/mol. The topological polar surface area (TPSA) is 228 Å². The maximum absolute atomic E-state index is 13.4. The number of allylic oxidation sites excluding steroid dienone is 3. The van der Waals surface area contributed by atoms with Gasteiger partial charge in [0.1, 0.15) is 48.8 Å². The molecule has 0 aliphatic carbocycles. The second-order valence-electron chi connectivity index (χ2n) is 28.9. The summed E-state index contributed by atoms with van der Waals surface area (Å²) in [4.78, 5) is 13.4. The fourth-order valence-corrected chi connectivity index (χ4v) is 13.7. The molecule has 0 spiro atoms. The van der Waals surface area contributed by atoms with E-state index >= 15 is 0 Å². The molecule has 94 heavy (non-hydrogen) atoms. The first-order valence-corrected chi connectivity index (χ1v) is 40.6. The van der Waals surface area contributed by atoms with E-state index in [1.165, 1.54) is 321 Å². The van der Waals surface area contributed by atoms with Crippen molar-refractivity contribution in [3.05, 3.63) is 24.3 Å². The van der Waals surface area contributed by atoms with Crippen LogP contribution in [0.4, 0.5) is 0 Å². The third kappa shape index (κ3) is 47.5. The summed E-state index contributed by atoms with van der Waals surface area (Å²) in [6, 6.07) is -0.913. The van der Waals surface area contributed by atoms with Crippen LogP contribution in [0.2, 0.25) is 0 Å². The molecule has 14 heteroatoms. The number of carbonyl (C=O) groups is 1. The molecule has 12 atom stereocenters. The van der Waals surface area contributed by atoms with E-state index in [2.05, 4.69) is 31.3 Å². The highest BCUT2D eigenvalue weighted by atomic mass is 16.7. The molecule has 0 aromatic heterocycles. The average molecular weight is 1340 g/mol. The first-order valence-electron chi connectivity index (χ1n) is 40.6. The quantitative estimate of drug-likeness (QED) is 0.0204. The van der Waals surface area contributed by atoms with Gasteiger partial charge in [0.2, 0.25) is 5.91 Å². The molecule has 0 radical (unpaired) electrons. The lowest BCUT2D eigenvalue weighted by atomic mass is 9.97. The van der Waals surface area contributed by atoms with Gasteiger partial charge in [0.25, 0.3) is 0 Å². The van der Waals surface area contributed by atoms with Gasteiger partial charge in [0.15, 0.2) is 12.6 Å². The predicted octanol–water partition coefficient (Wildman–Crippen LogP) is 18.3. The third-order valence-corrected chi connectivity index (χ3v) is 20.1. The SMILES string of the molecule is CCCCCCCCCC/C=C\CCCCCCCCCCCCCCCCCCCCCCCCCC(=O)NC(COC1OC(CO)C(OC2OC(CO)C(O)C(O)C2O)C(O)C1O)C(O)/C=C/CCCCCCCCCCCCCCCCCCCCCCCCC. The van der Waals surface area contributed by atoms with Crippen molar-refractivity contribution in [3.8, 4) is 0 Å². The maximum atomic E-state index is 13.4. The van der Waals surface area contributed by atoms with E-state index in [1.54, 1.807) is 6.08 Å². The summed E-state index contributed by atoms with van der Waals surface area (Å²) in [5, 5.41) is 87.7. The fraction of sp³-hybridized carbons (Fsp3) is 0.938. The Hall–Kier alpha value is -1.53. The number of aliphatic hydroxyl groups excluding tert-OH is 8. The molecule has 556 valence electrons. The second-order valence-corrected chi connectivity index (χ2v) is 28.9. The van der Waals surface area contributed by atoms with Gasteiger partial charge in [-0.25, -0.2) is 0 Å². The Bertz CT molecular complexity index is 1670. The van der Waals surface area contributed by atoms with Gasteiger partial charge in [-0.3, -0.25) is 4.79 Å². The molecule has 2 rings (SSSR count). The van der Waals surface area contributed by atoms with Gasteiger partial charge in [-0.05, 0) is 44.9 Å². The third-order valence-electron chi connectivity index (χ3n) is 20.1. The molecular weight excluding hydrogens is 1180 g/mol. The number of carbonyl (C=O) groups excluding carboxylic acids is 1. The highest BCUT2D eigenvalue weighted by molar-refractivity contribution is 5.76. The Morgan fingerprint density at radius 1 is 0.372 bits per heavy atom. The number of nitrogens with one attached hydrogen (secondary N) is 1. The zero-order valence-electron chi connectivity index (χ0n) is 61.0. The first-order chi connectivity index (χ1) is 46.1. The molecule has 0 bridgehead atoms. The Balaban J connectivity index is 1.60. The van der Waals surface area contributed by atoms with E-state index in [0.717, 1.165) is 38.5 Å². The van der Waals surface area contributed by atoms with Crippen molar-refractivity contribution in [3.63, 3.8) is 0 Å². The minimum absolute atomic E-state index is 0.230. The van der Waals surface area contributed by atoms with E-state index in [0.29, 0.717) is 6.42 Å². The lowest BCUT2D eigenvalue weighted by Gasteiger charge is -2.46. The van der Waals surface area contributed by atoms with Crippen LogP contribution in [0.5, 0.6) is 0 Å². The number of rotatable bonds is 69. The van der Waals surface area contributed by atoms with E-state index in [1.807, 2.05) is 6.08 Å². The molecule has 1 amide bonds. The van der Waals surface area contributed by atoms with Gasteiger partial charge in [-0.1, -0.05) is 359 Å². The number of aliphatic hydroxyl groups is 8. The average Bonchev–Trinajstić information content (AvgIpc) is 0.794. The summed E-state index contributed by atoms with van der Waals surface area (Å²) in [6.45, 7) is 2.87. The van der Waals surface area contributed by atoms with Crippen molar-refractivity contribution in [1.29, 1.82) is 0 Å². The molecule has 2 saturated heterocycles. The van der Waals surface area contributed by atoms with Crippen molar-refractivity contribution in [2.24, 2.45) is 0 Å². The lowest BCUT2D eigenvalue weighted by Crippen LogP contribution is -2.65. The zero-order valence-corrected chi connectivity index (χ0v) is 61.0. The lowest BCUT2D eigenvalue weighted by molar-refractivity contribution is -0.359. The number of unbranched alkanes of at least 4 members (excludes halogenated alkanes) is 54. The molecule has 2 heterocycles. The molecule has 2 aliphatic rings. The number of ether oxygens (including phenoxy) is 4. The number of amides is 1. The van der Waals surface area contributed by atoms with Crippen LogP contribution in [0.15, 0.2) is 24.3 Å². The van der Waals surface area contributed by atoms with Crippen LogP contribution in [0.3, 0.4) is 0 Å². The smallest absolute Gasteiger partial charge is 0.220 e. The normalized spacial score (nSPS) is 22.5. The van der Waals surface area contributed by atoms with Crippen molar-refractivity contribution in [2.45, 2.75) is 460 Å². The maximum Gasteiger partial charge on any atom is 0.220 e. The summed E-state index contributed by atoms with van der Waals surface area (Å²) in [7, 11) is 0. The fourth-order valence-electron chi connectivity index (χ4n) is 13.7. The van der Waals surface area contributed by atoms with Crippen LogP contribution in [0.1, 0.15) is 386 Å². The van der Waals surface area contributed by atoms with E-state index in [9.17, 15) is 45.6 Å². The van der Waals surface area contributed by atoms with Crippen LogP contribution in [0.25, 0.3) is 0 Å². The number of hydrogen-bond acceptors (Lipinski definition) is 13. The Labute approximate surface area is 577 Å². The van der Waals surface area contributed by atoms with Gasteiger partial charge >= 0.3 is 0 Å². The summed E-state index contributed by atoms with van der Waals surface area (Å²) in [6.07, 6.45) is 67.0. The summed E-state index contributed by atoms with van der Waals surface area (Å²) in [5.41, 5.74) is 0. The standard InChI is InChI=1S/C80H153NO13/c1-3-5-7-9-11-13-15-17-19-21-23-25-27-29-30-31-32-33-34-35-36-37-38-40-42-44-46-48-50-52-54-56-58-60-62-64-72(85)81-68(67-91-79-77(90)75(88)78(71(66-83)93-79)94-80-76(89)74(87)73(86)70(65-82)92-80)69(84)63-61-59-57-55-53-51-49-47-45-43-41-39-28-26-24-22-20-18-16-14-12-10-8-6-4-2/h21,23,61,63,68-71,73-80,82-84,86-90H,3-20,22,24-60,62,64-67H2,1-2H3,(H,81,85)/b23-21-,63-61+. The predicted molar refractivity (Wildman–Crippen MR) is 388 cm³/mol. The molecular formula is C80H153NO13. The molecule has 2 aliphatic heterocycles. The van der Waals surface area contributed by atoms with Gasteiger partial charge < -0.3 is 65.1 Å². The highest BCUT2D eigenvalue weighted by Gasteiger charge is 2.51. The van der Waals surface area contributed by atoms with Crippen LogP contribution in [0, 0.1) is 0 Å². The molecule has 12 unspecified atom stereocenters.